The first-order valence-corrected chi connectivity index (χ1v) is 2.70. The third-order valence-corrected chi connectivity index (χ3v) is 1.03. The molecule has 0 aromatic heterocycles. The molecule has 0 fully saturated rings. The SMILES string of the molecule is CCN(CC)C(=O)O.[SnH2]. The van der Waals surface area contributed by atoms with Crippen molar-refractivity contribution in [2.24, 2.45) is 0 Å². The summed E-state index contributed by atoms with van der Waals surface area (Å²) in [5, 5.41) is 8.30. The van der Waals surface area contributed by atoms with Gasteiger partial charge in [-0.2, -0.15) is 0 Å². The first-order valence-electron chi connectivity index (χ1n) is 2.70. The summed E-state index contributed by atoms with van der Waals surface area (Å²) in [6, 6.07) is 0. The normalized spacial score (nSPS) is 7.78. The fourth-order valence-corrected chi connectivity index (χ4v) is 0.494. The quantitative estimate of drug-likeness (QED) is 0.692. The fourth-order valence-electron chi connectivity index (χ4n) is 0.494. The Bertz CT molecular complexity index is 83.0. The van der Waals surface area contributed by atoms with Crippen molar-refractivity contribution in [1.82, 2.24) is 4.90 Å². The van der Waals surface area contributed by atoms with E-state index in [9.17, 15) is 4.79 Å². The van der Waals surface area contributed by atoms with Crippen LogP contribution in [0.2, 0.25) is 0 Å². The van der Waals surface area contributed by atoms with Crippen LogP contribution in [0.15, 0.2) is 0 Å². The fraction of sp³-hybridized carbons (Fsp3) is 0.800. The minimum atomic E-state index is -0.838. The standard InChI is InChI=1S/C5H11NO2.Sn.2H/c1-3-6(4-2)5(7)8;;;/h3-4H2,1-2H3,(H,7,8);;;. The first-order chi connectivity index (χ1) is 3.72. The number of carbonyl (C=O) groups is 1. The van der Waals surface area contributed by atoms with Gasteiger partial charge in [0.1, 0.15) is 0 Å². The van der Waals surface area contributed by atoms with Crippen molar-refractivity contribution in [2.45, 2.75) is 13.8 Å². The van der Waals surface area contributed by atoms with Crippen molar-refractivity contribution in [3.63, 3.8) is 0 Å². The van der Waals surface area contributed by atoms with E-state index in [1.165, 1.54) is 4.90 Å². The molecule has 54 valence electrons. The van der Waals surface area contributed by atoms with E-state index in [0.29, 0.717) is 13.1 Å². The third kappa shape index (κ3) is 4.56. The molecule has 0 aliphatic carbocycles. The van der Waals surface area contributed by atoms with Crippen molar-refractivity contribution < 1.29 is 9.90 Å². The Balaban J connectivity index is 0. The predicted octanol–water partition coefficient (Wildman–Crippen LogP) is 0.0900. The van der Waals surface area contributed by atoms with Gasteiger partial charge in [0.05, 0.1) is 0 Å². The Morgan fingerprint density at radius 1 is 1.44 bits per heavy atom. The number of carboxylic acid groups (broad SMARTS) is 1. The number of hydrogen-bond donors (Lipinski definition) is 1. The van der Waals surface area contributed by atoms with Gasteiger partial charge in [0.25, 0.3) is 0 Å². The summed E-state index contributed by atoms with van der Waals surface area (Å²) in [6.07, 6.45) is -0.838. The molecule has 0 unspecified atom stereocenters. The Kier molecular flexibility index (Phi) is 8.13. The molecule has 0 bridgehead atoms. The molecule has 4 heteroatoms. The zero-order chi connectivity index (χ0) is 6.57. The van der Waals surface area contributed by atoms with Gasteiger partial charge in [0, 0.05) is 13.1 Å². The second-order valence-corrected chi connectivity index (χ2v) is 1.45. The summed E-state index contributed by atoms with van der Waals surface area (Å²) >= 11 is 0. The van der Waals surface area contributed by atoms with E-state index >= 15 is 0 Å². The Hall–Kier alpha value is 0.0687. The van der Waals surface area contributed by atoms with E-state index < -0.39 is 6.09 Å². The number of amides is 1. The molecular weight excluding hydrogens is 225 g/mol. The molecule has 0 aliphatic rings. The predicted molar refractivity (Wildman–Crippen MR) is 39.5 cm³/mol. The van der Waals surface area contributed by atoms with E-state index in [2.05, 4.69) is 0 Å². The van der Waals surface area contributed by atoms with Gasteiger partial charge < -0.3 is 10.0 Å². The molecule has 0 rings (SSSR count). The zero-order valence-corrected chi connectivity index (χ0v) is 9.96. The van der Waals surface area contributed by atoms with Crippen LogP contribution in [0.25, 0.3) is 0 Å². The van der Waals surface area contributed by atoms with Crippen LogP contribution in [0.3, 0.4) is 0 Å². The Morgan fingerprint density at radius 2 is 1.78 bits per heavy atom. The monoisotopic (exact) mass is 239 g/mol. The van der Waals surface area contributed by atoms with Gasteiger partial charge in [0.2, 0.25) is 0 Å². The second kappa shape index (κ2) is 6.19. The summed E-state index contributed by atoms with van der Waals surface area (Å²) in [5.41, 5.74) is 0. The van der Waals surface area contributed by atoms with Crippen molar-refractivity contribution in [3.8, 4) is 0 Å². The van der Waals surface area contributed by atoms with Gasteiger partial charge in [0.15, 0.2) is 0 Å². The van der Waals surface area contributed by atoms with Crippen molar-refractivity contribution >= 4 is 30.0 Å². The van der Waals surface area contributed by atoms with Crippen LogP contribution in [0.4, 0.5) is 4.79 Å². The van der Waals surface area contributed by atoms with Crippen molar-refractivity contribution in [3.05, 3.63) is 0 Å². The van der Waals surface area contributed by atoms with E-state index in [4.69, 9.17) is 5.11 Å². The summed E-state index contributed by atoms with van der Waals surface area (Å²) in [4.78, 5) is 11.4. The molecule has 0 heterocycles. The average molecular weight is 238 g/mol. The molecule has 0 atom stereocenters. The number of rotatable bonds is 2. The summed E-state index contributed by atoms with van der Waals surface area (Å²) < 4.78 is 0. The summed E-state index contributed by atoms with van der Waals surface area (Å²) in [6.45, 7) is 4.78. The molecule has 0 aliphatic heterocycles. The second-order valence-electron chi connectivity index (χ2n) is 1.45. The number of nitrogens with zero attached hydrogens (tertiary/aromatic N) is 1. The minimum absolute atomic E-state index is 0. The number of hydrogen-bond acceptors (Lipinski definition) is 1. The molecular formula is C5H13NO2Sn. The molecule has 0 saturated heterocycles. The molecule has 0 spiro atoms. The van der Waals surface area contributed by atoms with Crippen LogP contribution in [0.1, 0.15) is 13.8 Å². The molecule has 0 aromatic rings. The third-order valence-electron chi connectivity index (χ3n) is 1.03. The van der Waals surface area contributed by atoms with Crippen molar-refractivity contribution in [2.75, 3.05) is 13.1 Å². The van der Waals surface area contributed by atoms with Gasteiger partial charge in [-0.1, -0.05) is 0 Å². The average Bonchev–Trinajstić information content (AvgIpc) is 1.69. The van der Waals surface area contributed by atoms with Crippen molar-refractivity contribution in [1.29, 1.82) is 0 Å². The van der Waals surface area contributed by atoms with Gasteiger partial charge in [-0.25, -0.2) is 4.79 Å². The van der Waals surface area contributed by atoms with E-state index in [-0.39, 0.29) is 23.9 Å². The topological polar surface area (TPSA) is 40.5 Å². The van der Waals surface area contributed by atoms with Gasteiger partial charge in [-0.05, 0) is 13.8 Å². The maximum absolute atomic E-state index is 10.1. The Morgan fingerprint density at radius 3 is 1.78 bits per heavy atom. The van der Waals surface area contributed by atoms with E-state index in [1.54, 1.807) is 0 Å². The zero-order valence-electron chi connectivity index (χ0n) is 5.92. The first kappa shape index (κ1) is 11.8. The van der Waals surface area contributed by atoms with Crippen LogP contribution in [0.5, 0.6) is 0 Å². The molecule has 1 amide bonds. The summed E-state index contributed by atoms with van der Waals surface area (Å²) in [5.74, 6) is 0. The molecule has 2 radical (unpaired) electrons. The Labute approximate surface area is 72.0 Å². The molecule has 9 heavy (non-hydrogen) atoms. The van der Waals surface area contributed by atoms with E-state index in [0.717, 1.165) is 0 Å². The van der Waals surface area contributed by atoms with Crippen LogP contribution in [-0.2, 0) is 0 Å². The molecule has 0 saturated carbocycles. The van der Waals surface area contributed by atoms with Gasteiger partial charge in [-0.3, -0.25) is 0 Å². The molecule has 1 N–H and O–H groups in total. The van der Waals surface area contributed by atoms with Gasteiger partial charge in [-0.15, -0.1) is 0 Å². The maximum atomic E-state index is 10.1. The van der Waals surface area contributed by atoms with Gasteiger partial charge >= 0.3 is 30.0 Å². The van der Waals surface area contributed by atoms with Crippen LogP contribution < -0.4 is 0 Å². The van der Waals surface area contributed by atoms with Crippen LogP contribution in [0, 0.1) is 0 Å². The van der Waals surface area contributed by atoms with E-state index in [1.807, 2.05) is 13.8 Å². The summed E-state index contributed by atoms with van der Waals surface area (Å²) in [7, 11) is 0. The van der Waals surface area contributed by atoms with Crippen LogP contribution >= 0.6 is 0 Å². The molecule has 0 aromatic carbocycles. The van der Waals surface area contributed by atoms with Crippen LogP contribution in [-0.4, -0.2) is 53.1 Å². The molecule has 3 nitrogen and oxygen atoms in total.